The maximum absolute atomic E-state index is 12.0. The number of anilines is 1. The summed E-state index contributed by atoms with van der Waals surface area (Å²) in [5, 5.41) is 3.07. The van der Waals surface area contributed by atoms with E-state index >= 15 is 0 Å². The fourth-order valence-corrected chi connectivity index (χ4v) is 3.07. The van der Waals surface area contributed by atoms with E-state index in [1.807, 2.05) is 18.2 Å². The normalized spacial score (nSPS) is 10.3. The molecule has 1 heterocycles. The number of ether oxygens (including phenoxy) is 3. The fraction of sp³-hybridized carbons (Fsp3) is 0.167. The van der Waals surface area contributed by atoms with Gasteiger partial charge in [-0.15, -0.1) is 0 Å². The van der Waals surface area contributed by atoms with E-state index in [2.05, 4.69) is 30.6 Å². The van der Waals surface area contributed by atoms with Gasteiger partial charge in [0.1, 0.15) is 5.75 Å². The lowest BCUT2D eigenvalue weighted by Crippen LogP contribution is -2.20. The first-order valence-corrected chi connectivity index (χ1v) is 9.40. The molecule has 0 saturated heterocycles. The zero-order valence-electron chi connectivity index (χ0n) is 14.6. The lowest BCUT2D eigenvalue weighted by molar-refractivity contribution is -0.118. The van der Waals surface area contributed by atoms with Crippen LogP contribution in [0, 0.1) is 0 Å². The van der Waals surface area contributed by atoms with Crippen molar-refractivity contribution in [2.45, 2.75) is 0 Å². The number of nitrogens with one attached hydrogen (secondary N) is 1. The first-order valence-electron chi connectivity index (χ1n) is 7.83. The van der Waals surface area contributed by atoms with Gasteiger partial charge in [-0.25, -0.2) is 0 Å². The maximum atomic E-state index is 12.0. The third-order valence-corrected chi connectivity index (χ3v) is 4.66. The molecule has 0 unspecified atom stereocenters. The van der Waals surface area contributed by atoms with E-state index in [0.717, 1.165) is 21.6 Å². The Morgan fingerprint density at radius 1 is 1.11 bits per heavy atom. The molecule has 140 valence electrons. The number of aromatic nitrogens is 2. The van der Waals surface area contributed by atoms with Crippen LogP contribution in [0.4, 0.5) is 5.13 Å². The molecule has 1 amide bonds. The third kappa shape index (κ3) is 4.95. The topological polar surface area (TPSA) is 82.6 Å². The van der Waals surface area contributed by atoms with Crippen molar-refractivity contribution in [2.75, 3.05) is 26.1 Å². The molecule has 3 rings (SSSR count). The van der Waals surface area contributed by atoms with Gasteiger partial charge in [-0.05, 0) is 42.5 Å². The largest absolute Gasteiger partial charge is 0.493 e. The SMILES string of the molecule is COc1ccc(-c2nsc(NC(=O)COc3ccc(Br)cc3)n2)cc1OC. The summed E-state index contributed by atoms with van der Waals surface area (Å²) in [6, 6.07) is 12.6. The van der Waals surface area contributed by atoms with E-state index in [-0.39, 0.29) is 12.5 Å². The summed E-state index contributed by atoms with van der Waals surface area (Å²) in [6.07, 6.45) is 0. The summed E-state index contributed by atoms with van der Waals surface area (Å²) >= 11 is 4.44. The minimum absolute atomic E-state index is 0.118. The molecule has 0 bridgehead atoms. The van der Waals surface area contributed by atoms with Gasteiger partial charge >= 0.3 is 0 Å². The van der Waals surface area contributed by atoms with E-state index in [4.69, 9.17) is 14.2 Å². The molecule has 0 saturated carbocycles. The van der Waals surface area contributed by atoms with Gasteiger partial charge in [0.2, 0.25) is 5.13 Å². The lowest BCUT2D eigenvalue weighted by Gasteiger charge is -2.07. The second-order valence-electron chi connectivity index (χ2n) is 5.28. The van der Waals surface area contributed by atoms with Crippen molar-refractivity contribution in [1.82, 2.24) is 9.36 Å². The Kier molecular flexibility index (Phi) is 6.25. The number of rotatable bonds is 7. The van der Waals surface area contributed by atoms with E-state index < -0.39 is 0 Å². The van der Waals surface area contributed by atoms with Crippen LogP contribution in [0.15, 0.2) is 46.9 Å². The average molecular weight is 450 g/mol. The summed E-state index contributed by atoms with van der Waals surface area (Å²) in [4.78, 5) is 16.4. The molecular weight excluding hydrogens is 434 g/mol. The Labute approximate surface area is 168 Å². The Bertz CT molecular complexity index is 931. The first kappa shape index (κ1) is 19.1. The van der Waals surface area contributed by atoms with Gasteiger partial charge in [0, 0.05) is 21.6 Å². The van der Waals surface area contributed by atoms with Crippen molar-refractivity contribution < 1.29 is 19.0 Å². The van der Waals surface area contributed by atoms with Crippen molar-refractivity contribution in [3.63, 3.8) is 0 Å². The molecule has 0 aliphatic carbocycles. The smallest absolute Gasteiger partial charge is 0.264 e. The second-order valence-corrected chi connectivity index (χ2v) is 6.95. The van der Waals surface area contributed by atoms with Gasteiger partial charge in [-0.3, -0.25) is 10.1 Å². The molecule has 0 radical (unpaired) electrons. The standard InChI is InChI=1S/C18H16BrN3O4S/c1-24-14-8-3-11(9-15(14)25-2)17-21-18(27-22-17)20-16(23)10-26-13-6-4-12(19)5-7-13/h3-9H,10H2,1-2H3,(H,20,21,22,23). The van der Waals surface area contributed by atoms with E-state index in [9.17, 15) is 4.79 Å². The maximum Gasteiger partial charge on any atom is 0.264 e. The number of halogens is 1. The van der Waals surface area contributed by atoms with E-state index in [1.54, 1.807) is 38.5 Å². The van der Waals surface area contributed by atoms with Crippen LogP contribution in [0.5, 0.6) is 17.2 Å². The van der Waals surface area contributed by atoms with Crippen LogP contribution in [0.3, 0.4) is 0 Å². The summed E-state index contributed by atoms with van der Waals surface area (Å²) in [7, 11) is 3.13. The number of amides is 1. The average Bonchev–Trinajstić information content (AvgIpc) is 3.15. The van der Waals surface area contributed by atoms with Crippen LogP contribution in [0.1, 0.15) is 0 Å². The lowest BCUT2D eigenvalue weighted by atomic mass is 10.2. The number of carbonyl (C=O) groups is 1. The predicted molar refractivity (Wildman–Crippen MR) is 107 cm³/mol. The number of nitrogens with zero attached hydrogens (tertiary/aromatic N) is 2. The second kappa shape index (κ2) is 8.83. The molecule has 1 aromatic heterocycles. The third-order valence-electron chi connectivity index (χ3n) is 3.50. The molecule has 2 aromatic carbocycles. The van der Waals surface area contributed by atoms with Crippen molar-refractivity contribution in [3.8, 4) is 28.6 Å². The molecule has 0 aliphatic heterocycles. The van der Waals surface area contributed by atoms with Crippen LogP contribution in [-0.4, -0.2) is 36.1 Å². The molecule has 0 fully saturated rings. The van der Waals surface area contributed by atoms with Gasteiger partial charge in [-0.2, -0.15) is 9.36 Å². The predicted octanol–water partition coefficient (Wildman–Crippen LogP) is 4.00. The number of methoxy groups -OCH3 is 2. The number of carbonyl (C=O) groups excluding carboxylic acids is 1. The van der Waals surface area contributed by atoms with Crippen molar-refractivity contribution in [3.05, 3.63) is 46.9 Å². The van der Waals surface area contributed by atoms with Crippen LogP contribution in [-0.2, 0) is 4.79 Å². The minimum Gasteiger partial charge on any atom is -0.493 e. The molecule has 7 nitrogen and oxygen atoms in total. The highest BCUT2D eigenvalue weighted by Crippen LogP contribution is 2.32. The molecule has 3 aromatic rings. The minimum atomic E-state index is -0.312. The Morgan fingerprint density at radius 2 is 1.85 bits per heavy atom. The zero-order chi connectivity index (χ0) is 19.2. The summed E-state index contributed by atoms with van der Waals surface area (Å²) in [5.41, 5.74) is 0.760. The number of hydrogen-bond donors (Lipinski definition) is 1. The van der Waals surface area contributed by atoms with Gasteiger partial charge in [0.05, 0.1) is 14.2 Å². The van der Waals surface area contributed by atoms with Crippen LogP contribution < -0.4 is 19.5 Å². The Balaban J connectivity index is 1.62. The molecule has 0 atom stereocenters. The van der Waals surface area contributed by atoms with Gasteiger partial charge in [0.15, 0.2) is 23.9 Å². The molecular formula is C18H16BrN3O4S. The Morgan fingerprint density at radius 3 is 2.56 bits per heavy atom. The van der Waals surface area contributed by atoms with Gasteiger partial charge in [-0.1, -0.05) is 15.9 Å². The zero-order valence-corrected chi connectivity index (χ0v) is 17.0. The highest BCUT2D eigenvalue weighted by molar-refractivity contribution is 9.10. The van der Waals surface area contributed by atoms with E-state index in [0.29, 0.717) is 28.2 Å². The molecule has 9 heteroatoms. The molecule has 0 spiro atoms. The number of hydrogen-bond acceptors (Lipinski definition) is 7. The first-order chi connectivity index (χ1) is 13.1. The van der Waals surface area contributed by atoms with Crippen molar-refractivity contribution in [2.24, 2.45) is 0 Å². The summed E-state index contributed by atoms with van der Waals surface area (Å²) < 4.78 is 21.2. The summed E-state index contributed by atoms with van der Waals surface area (Å²) in [6.45, 7) is -0.118. The van der Waals surface area contributed by atoms with Crippen molar-refractivity contribution >= 4 is 38.5 Å². The molecule has 1 N–H and O–H groups in total. The van der Waals surface area contributed by atoms with Crippen LogP contribution >= 0.6 is 27.5 Å². The molecule has 0 aliphatic rings. The van der Waals surface area contributed by atoms with Gasteiger partial charge in [0.25, 0.3) is 5.91 Å². The fourth-order valence-electron chi connectivity index (χ4n) is 2.20. The molecule has 27 heavy (non-hydrogen) atoms. The van der Waals surface area contributed by atoms with Crippen molar-refractivity contribution in [1.29, 1.82) is 0 Å². The van der Waals surface area contributed by atoms with Crippen LogP contribution in [0.2, 0.25) is 0 Å². The highest BCUT2D eigenvalue weighted by Gasteiger charge is 2.12. The quantitative estimate of drug-likeness (QED) is 0.586. The monoisotopic (exact) mass is 449 g/mol. The van der Waals surface area contributed by atoms with Crippen LogP contribution in [0.25, 0.3) is 11.4 Å². The number of benzene rings is 2. The van der Waals surface area contributed by atoms with E-state index in [1.165, 1.54) is 0 Å². The summed E-state index contributed by atoms with van der Waals surface area (Å²) in [5.74, 6) is 1.99. The van der Waals surface area contributed by atoms with Gasteiger partial charge < -0.3 is 14.2 Å². The highest BCUT2D eigenvalue weighted by atomic mass is 79.9. The Hall–Kier alpha value is -2.65.